The van der Waals surface area contributed by atoms with E-state index >= 15 is 0 Å². The van der Waals surface area contributed by atoms with Crippen LogP contribution in [0.4, 0.5) is 0 Å². The van der Waals surface area contributed by atoms with Crippen molar-refractivity contribution in [3.05, 3.63) is 54.1 Å². The van der Waals surface area contributed by atoms with Crippen molar-refractivity contribution in [2.75, 3.05) is 6.54 Å². The molecule has 1 heterocycles. The van der Waals surface area contributed by atoms with Crippen LogP contribution in [0.2, 0.25) is 0 Å². The van der Waals surface area contributed by atoms with E-state index < -0.39 is 0 Å². The van der Waals surface area contributed by atoms with Gasteiger partial charge in [-0.05, 0) is 18.2 Å². The van der Waals surface area contributed by atoms with Gasteiger partial charge in [0.1, 0.15) is 0 Å². The Labute approximate surface area is 82.5 Å². The van der Waals surface area contributed by atoms with Gasteiger partial charge in [-0.3, -0.25) is 0 Å². The number of benzene rings is 1. The van der Waals surface area contributed by atoms with Gasteiger partial charge in [-0.2, -0.15) is 4.79 Å². The zero-order valence-electron chi connectivity index (χ0n) is 7.68. The van der Waals surface area contributed by atoms with Gasteiger partial charge in [0.25, 0.3) is 0 Å². The van der Waals surface area contributed by atoms with Crippen molar-refractivity contribution in [1.29, 1.82) is 0 Å². The Hall–Kier alpha value is -1.92. The Balaban J connectivity index is 2.48. The lowest BCUT2D eigenvalue weighted by Gasteiger charge is -2.03. The van der Waals surface area contributed by atoms with Crippen molar-refractivity contribution in [3.8, 4) is 0 Å². The van der Waals surface area contributed by atoms with Gasteiger partial charge in [0, 0.05) is 11.6 Å². The van der Waals surface area contributed by atoms with E-state index in [1.54, 1.807) is 4.58 Å². The molecule has 2 heteroatoms. The van der Waals surface area contributed by atoms with Gasteiger partial charge in [0.15, 0.2) is 6.54 Å². The number of rotatable bonds is 1. The van der Waals surface area contributed by atoms with Crippen molar-refractivity contribution in [3.63, 3.8) is 0 Å². The maximum absolute atomic E-state index is 10.7. The van der Waals surface area contributed by atoms with Crippen LogP contribution < -0.4 is 0 Å². The molecule has 1 aromatic rings. The van der Waals surface area contributed by atoms with E-state index in [0.717, 1.165) is 11.3 Å². The highest BCUT2D eigenvalue weighted by Crippen LogP contribution is 2.16. The standard InChI is InChI=1S/C12H10NO/c14-10-13-9-5-4-8-12(13)11-6-2-1-3-7-11/h1-8H,9H2/q+1. The van der Waals surface area contributed by atoms with Gasteiger partial charge in [-0.25, -0.2) is 0 Å². The van der Waals surface area contributed by atoms with E-state index in [4.69, 9.17) is 0 Å². The summed E-state index contributed by atoms with van der Waals surface area (Å²) in [6.45, 7) is 0.601. The van der Waals surface area contributed by atoms with Crippen LogP contribution in [-0.4, -0.2) is 17.2 Å². The second-order valence-electron chi connectivity index (χ2n) is 3.05. The Kier molecular flexibility index (Phi) is 2.39. The molecule has 0 saturated carbocycles. The molecule has 1 aliphatic heterocycles. The fourth-order valence-corrected chi connectivity index (χ4v) is 1.46. The van der Waals surface area contributed by atoms with Crippen LogP contribution in [-0.2, 0) is 4.79 Å². The zero-order valence-corrected chi connectivity index (χ0v) is 7.68. The van der Waals surface area contributed by atoms with Gasteiger partial charge in [0.2, 0.25) is 5.70 Å². The lowest BCUT2D eigenvalue weighted by Crippen LogP contribution is -2.11. The minimum atomic E-state index is 0.601. The molecule has 0 saturated heterocycles. The fourth-order valence-electron chi connectivity index (χ4n) is 1.46. The van der Waals surface area contributed by atoms with E-state index in [9.17, 15) is 4.79 Å². The summed E-state index contributed by atoms with van der Waals surface area (Å²) in [5.74, 6) is 0. The van der Waals surface area contributed by atoms with Crippen molar-refractivity contribution >= 4 is 11.8 Å². The summed E-state index contributed by atoms with van der Waals surface area (Å²) in [6, 6.07) is 9.83. The van der Waals surface area contributed by atoms with Crippen molar-refractivity contribution < 1.29 is 9.37 Å². The topological polar surface area (TPSA) is 20.1 Å². The molecule has 1 aliphatic rings. The molecule has 0 fully saturated rings. The maximum Gasteiger partial charge on any atom is 0.430 e. The van der Waals surface area contributed by atoms with E-state index in [1.807, 2.05) is 54.6 Å². The van der Waals surface area contributed by atoms with Crippen molar-refractivity contribution in [2.45, 2.75) is 0 Å². The molecule has 0 unspecified atom stereocenters. The van der Waals surface area contributed by atoms with Crippen LogP contribution in [0.25, 0.3) is 5.70 Å². The molecule has 0 aromatic heterocycles. The summed E-state index contributed by atoms with van der Waals surface area (Å²) in [5.41, 5.74) is 1.95. The van der Waals surface area contributed by atoms with E-state index in [1.165, 1.54) is 0 Å². The van der Waals surface area contributed by atoms with E-state index in [2.05, 4.69) is 0 Å². The van der Waals surface area contributed by atoms with Crippen LogP contribution in [0.15, 0.2) is 48.6 Å². The first-order valence-electron chi connectivity index (χ1n) is 4.49. The van der Waals surface area contributed by atoms with Gasteiger partial charge in [-0.1, -0.05) is 24.3 Å². The van der Waals surface area contributed by atoms with E-state index in [-0.39, 0.29) is 0 Å². The minimum Gasteiger partial charge on any atom is -0.159 e. The van der Waals surface area contributed by atoms with Crippen LogP contribution in [0, 0.1) is 0 Å². The third-order valence-electron chi connectivity index (χ3n) is 2.15. The molecule has 0 N–H and O–H groups in total. The van der Waals surface area contributed by atoms with Crippen LogP contribution >= 0.6 is 0 Å². The van der Waals surface area contributed by atoms with Gasteiger partial charge in [0.05, 0.1) is 0 Å². The van der Waals surface area contributed by atoms with Crippen molar-refractivity contribution in [2.24, 2.45) is 0 Å². The zero-order chi connectivity index (χ0) is 9.80. The number of hydrogen-bond acceptors (Lipinski definition) is 1. The third kappa shape index (κ3) is 1.56. The predicted octanol–water partition coefficient (Wildman–Crippen LogP) is 1.95. The van der Waals surface area contributed by atoms with Crippen LogP contribution in [0.1, 0.15) is 5.56 Å². The summed E-state index contributed by atoms with van der Waals surface area (Å²) >= 11 is 0. The molecular formula is C12H10NO+. The summed E-state index contributed by atoms with van der Waals surface area (Å²) < 4.78 is 1.56. The quantitative estimate of drug-likeness (QED) is 0.482. The largest absolute Gasteiger partial charge is 0.430 e. The molecule has 0 spiro atoms. The minimum absolute atomic E-state index is 0.601. The summed E-state index contributed by atoms with van der Waals surface area (Å²) in [7, 11) is 0. The molecule has 0 amide bonds. The number of hydrogen-bond donors (Lipinski definition) is 0. The maximum atomic E-state index is 10.7. The first-order valence-corrected chi connectivity index (χ1v) is 4.49. The van der Waals surface area contributed by atoms with Gasteiger partial charge in [-0.15, -0.1) is 4.58 Å². The average molecular weight is 184 g/mol. The van der Waals surface area contributed by atoms with E-state index in [0.29, 0.717) is 6.54 Å². The molecular weight excluding hydrogens is 174 g/mol. The highest BCUT2D eigenvalue weighted by molar-refractivity contribution is 5.62. The van der Waals surface area contributed by atoms with Gasteiger partial charge >= 0.3 is 6.08 Å². The number of carbonyl (C=O) groups excluding carboxylic acids is 1. The lowest BCUT2D eigenvalue weighted by molar-refractivity contribution is -0.417. The second kappa shape index (κ2) is 3.86. The highest BCUT2D eigenvalue weighted by atomic mass is 16.1. The monoisotopic (exact) mass is 184 g/mol. The van der Waals surface area contributed by atoms with Crippen LogP contribution in [0.5, 0.6) is 0 Å². The summed E-state index contributed by atoms with van der Waals surface area (Å²) in [5, 5.41) is 0. The number of isocyanates is 1. The first-order chi connectivity index (χ1) is 6.92. The Morgan fingerprint density at radius 1 is 1.21 bits per heavy atom. The summed E-state index contributed by atoms with van der Waals surface area (Å²) in [6.07, 6.45) is 7.72. The summed E-state index contributed by atoms with van der Waals surface area (Å²) in [4.78, 5) is 10.7. The Morgan fingerprint density at radius 2 is 2.00 bits per heavy atom. The average Bonchev–Trinajstić information content (AvgIpc) is 2.30. The SMILES string of the molecule is O=C=[N+]1CC=CC=C1c1ccccc1. The second-order valence-corrected chi connectivity index (χ2v) is 3.05. The Bertz CT molecular complexity index is 437. The highest BCUT2D eigenvalue weighted by Gasteiger charge is 2.16. The fraction of sp³-hybridized carbons (Fsp3) is 0.0833. The molecule has 0 radical (unpaired) electrons. The number of nitrogens with zero attached hydrogens (tertiary/aromatic N) is 1. The molecule has 68 valence electrons. The molecule has 1 aromatic carbocycles. The lowest BCUT2D eigenvalue weighted by atomic mass is 10.1. The van der Waals surface area contributed by atoms with Crippen molar-refractivity contribution in [1.82, 2.24) is 0 Å². The molecule has 14 heavy (non-hydrogen) atoms. The van der Waals surface area contributed by atoms with Crippen LogP contribution in [0.3, 0.4) is 0 Å². The molecule has 0 bridgehead atoms. The number of allylic oxidation sites excluding steroid dienone is 2. The normalized spacial score (nSPS) is 14.9. The smallest absolute Gasteiger partial charge is 0.159 e. The molecule has 2 rings (SSSR count). The first kappa shape index (κ1) is 8.67. The molecule has 0 aliphatic carbocycles. The molecule has 0 atom stereocenters. The Morgan fingerprint density at radius 3 is 2.71 bits per heavy atom. The predicted molar refractivity (Wildman–Crippen MR) is 54.4 cm³/mol. The van der Waals surface area contributed by atoms with Gasteiger partial charge < -0.3 is 0 Å². The third-order valence-corrected chi connectivity index (χ3v) is 2.15. The molecule has 2 nitrogen and oxygen atoms in total.